The number of rotatable bonds is 7. The van der Waals surface area contributed by atoms with Crippen molar-refractivity contribution in [1.82, 2.24) is 5.32 Å². The van der Waals surface area contributed by atoms with Gasteiger partial charge in [-0.3, -0.25) is 9.59 Å². The van der Waals surface area contributed by atoms with Gasteiger partial charge in [-0.15, -0.1) is 0 Å². The van der Waals surface area contributed by atoms with Crippen LogP contribution in [-0.4, -0.2) is 56.0 Å². The number of carboxylic acid groups (broad SMARTS) is 1. The fraction of sp³-hybridized carbons (Fsp3) is 0.438. The third-order valence-corrected chi connectivity index (χ3v) is 2.98. The second-order valence-electron chi connectivity index (χ2n) is 6.48. The number of quaternary nitrogens is 1. The van der Waals surface area contributed by atoms with Crippen molar-refractivity contribution < 1.29 is 24.0 Å². The van der Waals surface area contributed by atoms with Gasteiger partial charge in [0.15, 0.2) is 0 Å². The van der Waals surface area contributed by atoms with Crippen LogP contribution in [0.2, 0.25) is 0 Å². The number of carbonyl (C=O) groups is 3. The van der Waals surface area contributed by atoms with Gasteiger partial charge in [0.05, 0.1) is 33.7 Å². The topological polar surface area (TPSA) is 98.3 Å². The zero-order valence-corrected chi connectivity index (χ0v) is 13.9. The average Bonchev–Trinajstić information content (AvgIpc) is 2.35. The maximum Gasteiger partial charge on any atom is 0.251 e. The van der Waals surface area contributed by atoms with E-state index >= 15 is 0 Å². The lowest BCUT2D eigenvalue weighted by Crippen LogP contribution is -2.50. The van der Waals surface area contributed by atoms with E-state index in [0.717, 1.165) is 0 Å². The number of hydrogen-bond donors (Lipinski definition) is 2. The standard InChI is InChI=1S/C16H23N3O4/c1-11(20)17-13-7-5-12(6-8-13)16(23)18-14(9-15(21)22)10-19(2,3)4/h5-8,14H,9-10H2,1-4H3,(H2-,17,18,20,21,22,23)/t14-/m1/s1. The first kappa shape index (κ1) is 18.6. The fourth-order valence-corrected chi connectivity index (χ4v) is 2.20. The molecular formula is C16H23N3O4. The van der Waals surface area contributed by atoms with Crippen molar-refractivity contribution in [3.05, 3.63) is 29.8 Å². The molecule has 126 valence electrons. The molecule has 0 fully saturated rings. The fourth-order valence-electron chi connectivity index (χ4n) is 2.20. The van der Waals surface area contributed by atoms with Gasteiger partial charge in [0.25, 0.3) is 5.91 Å². The number of hydrogen-bond acceptors (Lipinski definition) is 4. The third-order valence-electron chi connectivity index (χ3n) is 2.98. The van der Waals surface area contributed by atoms with E-state index in [2.05, 4.69) is 10.6 Å². The summed E-state index contributed by atoms with van der Waals surface area (Å²) < 4.78 is 0.514. The van der Waals surface area contributed by atoms with Crippen LogP contribution in [0.15, 0.2) is 24.3 Å². The highest BCUT2D eigenvalue weighted by molar-refractivity contribution is 5.95. The molecule has 1 aromatic rings. The number of aliphatic carboxylic acids is 1. The quantitative estimate of drug-likeness (QED) is 0.667. The molecule has 0 saturated heterocycles. The summed E-state index contributed by atoms with van der Waals surface area (Å²) >= 11 is 0. The Morgan fingerprint density at radius 1 is 1.13 bits per heavy atom. The van der Waals surface area contributed by atoms with E-state index in [1.54, 1.807) is 24.3 Å². The van der Waals surface area contributed by atoms with Gasteiger partial charge >= 0.3 is 0 Å². The molecule has 0 heterocycles. The van der Waals surface area contributed by atoms with Crippen molar-refractivity contribution in [2.45, 2.75) is 19.4 Å². The minimum atomic E-state index is -1.20. The minimum absolute atomic E-state index is 0.195. The Hall–Kier alpha value is -2.41. The molecule has 0 aromatic heterocycles. The van der Waals surface area contributed by atoms with Crippen LogP contribution in [0.4, 0.5) is 5.69 Å². The van der Waals surface area contributed by atoms with E-state index in [4.69, 9.17) is 0 Å². The Morgan fingerprint density at radius 3 is 2.13 bits per heavy atom. The largest absolute Gasteiger partial charge is 0.550 e. The van der Waals surface area contributed by atoms with Gasteiger partial charge in [-0.1, -0.05) is 0 Å². The van der Waals surface area contributed by atoms with Gasteiger partial charge in [0.1, 0.15) is 0 Å². The third kappa shape index (κ3) is 7.42. The maximum absolute atomic E-state index is 12.2. The highest BCUT2D eigenvalue weighted by atomic mass is 16.4. The zero-order chi connectivity index (χ0) is 17.6. The Morgan fingerprint density at radius 2 is 1.70 bits per heavy atom. The van der Waals surface area contributed by atoms with Gasteiger partial charge < -0.3 is 25.0 Å². The molecule has 7 heteroatoms. The molecule has 0 radical (unpaired) electrons. The second kappa shape index (κ2) is 7.73. The minimum Gasteiger partial charge on any atom is -0.550 e. The molecule has 0 spiro atoms. The lowest BCUT2D eigenvalue weighted by Gasteiger charge is -2.30. The summed E-state index contributed by atoms with van der Waals surface area (Å²) in [5.74, 6) is -1.76. The van der Waals surface area contributed by atoms with Crippen molar-refractivity contribution in [2.24, 2.45) is 0 Å². The van der Waals surface area contributed by atoms with E-state index in [0.29, 0.717) is 22.3 Å². The van der Waals surface area contributed by atoms with Gasteiger partial charge in [0.2, 0.25) is 5.91 Å². The lowest BCUT2D eigenvalue weighted by atomic mass is 10.1. The molecule has 0 aliphatic carbocycles. The molecule has 7 nitrogen and oxygen atoms in total. The monoisotopic (exact) mass is 321 g/mol. The lowest BCUT2D eigenvalue weighted by molar-refractivity contribution is -0.871. The molecule has 2 amide bonds. The number of nitrogens with zero attached hydrogens (tertiary/aromatic N) is 1. The molecule has 23 heavy (non-hydrogen) atoms. The van der Waals surface area contributed by atoms with Crippen LogP contribution in [0.5, 0.6) is 0 Å². The Labute approximate surface area is 135 Å². The predicted octanol–water partition coefficient (Wildman–Crippen LogP) is -0.410. The van der Waals surface area contributed by atoms with Gasteiger partial charge in [-0.2, -0.15) is 0 Å². The second-order valence-corrected chi connectivity index (χ2v) is 6.48. The molecule has 0 aliphatic heterocycles. The highest BCUT2D eigenvalue weighted by Crippen LogP contribution is 2.10. The number of nitrogens with one attached hydrogen (secondary N) is 2. The summed E-state index contributed by atoms with van der Waals surface area (Å²) in [5, 5.41) is 16.2. The first-order valence-electron chi connectivity index (χ1n) is 7.25. The van der Waals surface area contributed by atoms with Crippen LogP contribution < -0.4 is 15.7 Å². The smallest absolute Gasteiger partial charge is 0.251 e. The number of carbonyl (C=O) groups excluding carboxylic acids is 3. The first-order chi connectivity index (χ1) is 10.6. The first-order valence-corrected chi connectivity index (χ1v) is 7.25. The molecule has 1 rings (SSSR count). The van der Waals surface area contributed by atoms with E-state index < -0.39 is 12.0 Å². The van der Waals surface area contributed by atoms with Crippen LogP contribution in [0.25, 0.3) is 0 Å². The van der Waals surface area contributed by atoms with Crippen molar-refractivity contribution in [2.75, 3.05) is 33.0 Å². The molecule has 0 bridgehead atoms. The summed E-state index contributed by atoms with van der Waals surface area (Å²) in [6, 6.07) is 5.85. The van der Waals surface area contributed by atoms with Crippen molar-refractivity contribution >= 4 is 23.5 Å². The number of carboxylic acids is 1. The van der Waals surface area contributed by atoms with Crippen LogP contribution in [0, 0.1) is 0 Å². The van der Waals surface area contributed by atoms with Crippen LogP contribution >= 0.6 is 0 Å². The molecule has 0 saturated carbocycles. The summed E-state index contributed by atoms with van der Waals surface area (Å²) in [7, 11) is 5.74. The molecule has 1 atom stereocenters. The summed E-state index contributed by atoms with van der Waals surface area (Å²) in [6.07, 6.45) is -0.245. The predicted molar refractivity (Wildman–Crippen MR) is 84.5 cm³/mol. The Bertz CT molecular complexity index is 576. The van der Waals surface area contributed by atoms with Gasteiger partial charge in [0, 0.05) is 30.6 Å². The molecular weight excluding hydrogens is 298 g/mol. The SMILES string of the molecule is CC(=O)Nc1ccc(C(=O)N[C@H](CC(=O)[O-])C[N+](C)(C)C)cc1. The normalized spacial score (nSPS) is 12.3. The summed E-state index contributed by atoms with van der Waals surface area (Å²) in [5.41, 5.74) is 0.982. The van der Waals surface area contributed by atoms with E-state index in [1.165, 1.54) is 6.92 Å². The van der Waals surface area contributed by atoms with Gasteiger partial charge in [-0.05, 0) is 24.3 Å². The maximum atomic E-state index is 12.2. The molecule has 2 N–H and O–H groups in total. The Kier molecular flexibility index (Phi) is 6.27. The van der Waals surface area contributed by atoms with E-state index in [9.17, 15) is 19.5 Å². The molecule has 0 unspecified atom stereocenters. The van der Waals surface area contributed by atoms with Crippen molar-refractivity contribution in [3.63, 3.8) is 0 Å². The summed E-state index contributed by atoms with van der Waals surface area (Å²) in [6.45, 7) is 1.86. The summed E-state index contributed by atoms with van der Waals surface area (Å²) in [4.78, 5) is 34.0. The van der Waals surface area contributed by atoms with Gasteiger partial charge in [-0.25, -0.2) is 0 Å². The zero-order valence-electron chi connectivity index (χ0n) is 13.9. The Balaban J connectivity index is 2.77. The van der Waals surface area contributed by atoms with Crippen LogP contribution in [0.3, 0.4) is 0 Å². The van der Waals surface area contributed by atoms with E-state index in [1.807, 2.05) is 21.1 Å². The number of likely N-dealkylation sites (N-methyl/N-ethyl adjacent to an activating group) is 1. The molecule has 1 aromatic carbocycles. The number of amides is 2. The van der Waals surface area contributed by atoms with Crippen LogP contribution in [0.1, 0.15) is 23.7 Å². The van der Waals surface area contributed by atoms with Crippen LogP contribution in [-0.2, 0) is 9.59 Å². The molecule has 0 aliphatic rings. The van der Waals surface area contributed by atoms with Crippen molar-refractivity contribution in [1.29, 1.82) is 0 Å². The average molecular weight is 321 g/mol. The van der Waals surface area contributed by atoms with Crippen molar-refractivity contribution in [3.8, 4) is 0 Å². The highest BCUT2D eigenvalue weighted by Gasteiger charge is 2.21. The number of anilines is 1. The number of benzene rings is 1. The van der Waals surface area contributed by atoms with E-state index in [-0.39, 0.29) is 18.2 Å².